The number of aromatic nitrogens is 4. The number of unbranched alkanes of at least 4 members (excludes halogenated alkanes) is 19. The molecule has 8 unspecified atom stereocenters. The maximum absolute atomic E-state index is 14.0. The Balaban J connectivity index is 1.20. The highest BCUT2D eigenvalue weighted by Gasteiger charge is 2.47. The van der Waals surface area contributed by atoms with Gasteiger partial charge in [0.05, 0.1) is 19.8 Å². The van der Waals surface area contributed by atoms with E-state index in [4.69, 9.17) is 33.5 Å². The van der Waals surface area contributed by atoms with Crippen LogP contribution in [-0.2, 0) is 27.6 Å². The number of nitrogens with one attached hydrogen (secondary N) is 2. The lowest BCUT2D eigenvalue weighted by Crippen LogP contribution is -2.36. The number of aliphatic hydroxyl groups is 4. The van der Waals surface area contributed by atoms with Crippen molar-refractivity contribution in [3.63, 3.8) is 0 Å². The predicted octanol–water partition coefficient (Wildman–Crippen LogP) is 5.32. The first-order valence-electron chi connectivity index (χ1n) is 22.1. The van der Waals surface area contributed by atoms with Gasteiger partial charge in [-0.2, -0.15) is 9.97 Å². The summed E-state index contributed by atoms with van der Waals surface area (Å²) >= 11 is 0. The van der Waals surface area contributed by atoms with Gasteiger partial charge in [-0.05, 0) is 18.6 Å². The van der Waals surface area contributed by atoms with E-state index in [2.05, 4.69) is 16.9 Å². The van der Waals surface area contributed by atoms with Crippen LogP contribution in [0.5, 0.6) is 0 Å². The first-order valence-corrected chi connectivity index (χ1v) is 23.5. The van der Waals surface area contributed by atoms with Gasteiger partial charge >= 0.3 is 19.2 Å². The third-order valence-electron chi connectivity index (χ3n) is 11.2. The van der Waals surface area contributed by atoms with Gasteiger partial charge in [0.15, 0.2) is 24.1 Å². The van der Waals surface area contributed by atoms with Crippen molar-refractivity contribution < 1.29 is 58.5 Å². The Morgan fingerprint density at radius 2 is 0.918 bits per heavy atom. The predicted molar refractivity (Wildman–Crippen MR) is 223 cm³/mol. The Labute approximate surface area is 357 Å². The summed E-state index contributed by atoms with van der Waals surface area (Å²) in [6, 6.07) is 2.47. The molecule has 0 saturated carbocycles. The van der Waals surface area contributed by atoms with Crippen LogP contribution in [0.3, 0.4) is 0 Å². The number of hydrogen-bond acceptors (Lipinski definition) is 18. The number of ether oxygens (including phenoxy) is 2. The zero-order valence-corrected chi connectivity index (χ0v) is 36.3. The van der Waals surface area contributed by atoms with Gasteiger partial charge < -0.3 is 29.9 Å². The zero-order valence-electron chi connectivity index (χ0n) is 35.4. The van der Waals surface area contributed by atoms with Crippen LogP contribution in [0.4, 0.5) is 11.6 Å². The highest BCUT2D eigenvalue weighted by Crippen LogP contribution is 2.51. The van der Waals surface area contributed by atoms with Gasteiger partial charge in [-0.1, -0.05) is 129 Å². The standard InChI is InChI=1S/C40H69N6O14P/c1-2-3-4-5-6-7-8-9-10-11-12-13-14-15-16-17-18-19-20-21-26-56-61(55,57-27-29-33(47)35(49)37(59-29)45-24-22-31(43-53)41-39(45)51)58-28-30-34(48)36(50)38(60-30)46-25-23-32(44-54)42-40(46)52/h22-25,29-30,33-38,47-50,53-54H,2-21,26-28H2,1H3,(H,41,43,51)(H,42,44,52). The second kappa shape index (κ2) is 27.4. The van der Waals surface area contributed by atoms with Crippen LogP contribution in [-0.4, -0.2) is 106 Å². The molecule has 348 valence electrons. The van der Waals surface area contributed by atoms with Gasteiger partial charge in [0, 0.05) is 12.4 Å². The smallest absolute Gasteiger partial charge is 0.387 e. The van der Waals surface area contributed by atoms with Crippen molar-refractivity contribution in [2.45, 2.75) is 184 Å². The minimum absolute atomic E-state index is 0.0342. The molecule has 4 heterocycles. The van der Waals surface area contributed by atoms with Crippen molar-refractivity contribution in [3.8, 4) is 0 Å². The summed E-state index contributed by atoms with van der Waals surface area (Å²) in [6.07, 6.45) is 14.8. The fraction of sp³-hybridized carbons (Fsp3) is 0.800. The summed E-state index contributed by atoms with van der Waals surface area (Å²) in [5.41, 5.74) is 1.67. The number of aliphatic hydroxyl groups excluding tert-OH is 4. The molecule has 4 rings (SSSR count). The molecule has 21 heteroatoms. The Bertz CT molecular complexity index is 1610. The summed E-state index contributed by atoms with van der Waals surface area (Å²) in [5.74, 6) is -0.305. The van der Waals surface area contributed by atoms with Crippen molar-refractivity contribution in [1.82, 2.24) is 19.1 Å². The van der Waals surface area contributed by atoms with E-state index < -0.39 is 81.5 Å². The van der Waals surface area contributed by atoms with Gasteiger partial charge in [-0.3, -0.25) is 44.1 Å². The molecular weight excluding hydrogens is 819 g/mol. The van der Waals surface area contributed by atoms with Gasteiger partial charge in [0.25, 0.3) is 0 Å². The van der Waals surface area contributed by atoms with E-state index in [-0.39, 0.29) is 18.2 Å². The largest absolute Gasteiger partial charge is 0.474 e. The molecule has 2 aliphatic heterocycles. The Kier molecular flexibility index (Phi) is 22.8. The van der Waals surface area contributed by atoms with Crippen LogP contribution < -0.4 is 22.3 Å². The third kappa shape index (κ3) is 16.3. The van der Waals surface area contributed by atoms with Crippen molar-refractivity contribution >= 4 is 19.5 Å². The number of nitrogens with zero attached hydrogens (tertiary/aromatic N) is 4. The molecule has 0 spiro atoms. The number of anilines is 2. The average Bonchev–Trinajstić information content (AvgIpc) is 3.70. The van der Waals surface area contributed by atoms with E-state index in [0.717, 1.165) is 34.8 Å². The number of phosphoric acid groups is 1. The minimum atomic E-state index is -4.51. The van der Waals surface area contributed by atoms with Crippen LogP contribution in [0.25, 0.3) is 0 Å². The molecular formula is C40H69N6O14P. The van der Waals surface area contributed by atoms with E-state index in [1.54, 1.807) is 11.0 Å². The Morgan fingerprint density at radius 3 is 1.25 bits per heavy atom. The SMILES string of the molecule is CCCCCCCCCCCCCCCCCCCCCCOP(=O)(OCC1OC(n2ccc(NO)nc2=O)C(O)C1O)OCC1OC(n2ccc(NO)nc2=O)C(O)C1O. The summed E-state index contributed by atoms with van der Waals surface area (Å²) in [6.45, 7) is 0.961. The van der Waals surface area contributed by atoms with E-state index >= 15 is 0 Å². The van der Waals surface area contributed by atoms with Gasteiger partial charge in [0.1, 0.15) is 36.6 Å². The molecule has 8 atom stereocenters. The molecule has 20 nitrogen and oxygen atoms in total. The fourth-order valence-corrected chi connectivity index (χ4v) is 8.74. The number of rotatable bonds is 32. The quantitative estimate of drug-likeness (QED) is 0.0262. The van der Waals surface area contributed by atoms with Gasteiger partial charge in [-0.25, -0.2) is 14.2 Å². The van der Waals surface area contributed by atoms with E-state index in [9.17, 15) is 34.6 Å². The van der Waals surface area contributed by atoms with Crippen LogP contribution >= 0.6 is 7.82 Å². The van der Waals surface area contributed by atoms with E-state index in [1.165, 1.54) is 121 Å². The third-order valence-corrected chi connectivity index (χ3v) is 12.6. The Morgan fingerprint density at radius 1 is 0.574 bits per heavy atom. The molecule has 2 aliphatic rings. The molecule has 0 radical (unpaired) electrons. The highest BCUT2D eigenvalue weighted by molar-refractivity contribution is 7.48. The van der Waals surface area contributed by atoms with Crippen LogP contribution in [0.2, 0.25) is 0 Å². The lowest BCUT2D eigenvalue weighted by molar-refractivity contribution is -0.0660. The van der Waals surface area contributed by atoms with Crippen molar-refractivity contribution in [1.29, 1.82) is 0 Å². The lowest BCUT2D eigenvalue weighted by atomic mass is 10.0. The van der Waals surface area contributed by atoms with Crippen LogP contribution in [0.1, 0.15) is 148 Å². The normalized spacial score (nSPS) is 24.9. The second-order valence-electron chi connectivity index (χ2n) is 15.9. The molecule has 0 aliphatic carbocycles. The van der Waals surface area contributed by atoms with Gasteiger partial charge in [-0.15, -0.1) is 0 Å². The minimum Gasteiger partial charge on any atom is -0.387 e. The molecule has 61 heavy (non-hydrogen) atoms. The van der Waals surface area contributed by atoms with Gasteiger partial charge in [0.2, 0.25) is 0 Å². The molecule has 2 saturated heterocycles. The topological polar surface area (TPSA) is 278 Å². The number of phosphoric ester groups is 1. The molecule has 0 amide bonds. The first-order chi connectivity index (χ1) is 29.5. The highest BCUT2D eigenvalue weighted by atomic mass is 31.2. The molecule has 2 fully saturated rings. The van der Waals surface area contributed by atoms with Crippen molar-refractivity contribution in [3.05, 3.63) is 45.5 Å². The van der Waals surface area contributed by atoms with Crippen molar-refractivity contribution in [2.24, 2.45) is 0 Å². The van der Waals surface area contributed by atoms with E-state index in [1.807, 2.05) is 0 Å². The number of hydrogen-bond donors (Lipinski definition) is 8. The second-order valence-corrected chi connectivity index (χ2v) is 17.6. The zero-order chi connectivity index (χ0) is 44.0. The Hall–Kier alpha value is -2.85. The molecule has 2 aromatic rings. The summed E-state index contributed by atoms with van der Waals surface area (Å²) in [4.78, 5) is 32.1. The molecule has 8 N–H and O–H groups in total. The monoisotopic (exact) mass is 888 g/mol. The van der Waals surface area contributed by atoms with E-state index in [0.29, 0.717) is 6.42 Å². The average molecular weight is 889 g/mol. The summed E-state index contributed by atoms with van der Waals surface area (Å²) < 4.78 is 44.0. The van der Waals surface area contributed by atoms with Crippen LogP contribution in [0, 0.1) is 0 Å². The summed E-state index contributed by atoms with van der Waals surface area (Å²) in [7, 11) is -4.51. The molecule has 0 aromatic carbocycles. The van der Waals surface area contributed by atoms with Crippen molar-refractivity contribution in [2.75, 3.05) is 30.8 Å². The summed E-state index contributed by atoms with van der Waals surface area (Å²) in [5, 5.41) is 60.9. The maximum atomic E-state index is 14.0. The maximum Gasteiger partial charge on any atom is 0.474 e. The lowest BCUT2D eigenvalue weighted by Gasteiger charge is -2.23. The molecule has 0 bridgehead atoms. The fourth-order valence-electron chi connectivity index (χ4n) is 7.51. The first kappa shape index (κ1) is 50.8. The molecule has 2 aromatic heterocycles. The van der Waals surface area contributed by atoms with Crippen LogP contribution in [0.15, 0.2) is 34.1 Å².